The number of benzene rings is 1. The first kappa shape index (κ1) is 21.6. The standard InChI is InChI=1S/C20H19ClF3N5O/c1-3-12(2)26-19-28-16(13-6-8-25-9-7-13)11-18(29-19)27-14-4-5-17(15(21)10-14)30-20(22,23)24/h4-12H,3H2,1-2H3,(H2,26,27,28,29)/t12-/m0/s1. The summed E-state index contributed by atoms with van der Waals surface area (Å²) in [6.07, 6.45) is -0.625. The summed E-state index contributed by atoms with van der Waals surface area (Å²) in [7, 11) is 0. The molecule has 2 N–H and O–H groups in total. The van der Waals surface area contributed by atoms with Crippen LogP contribution in [0.25, 0.3) is 11.3 Å². The minimum absolute atomic E-state index is 0.152. The number of halogens is 4. The number of nitrogens with one attached hydrogen (secondary N) is 2. The highest BCUT2D eigenvalue weighted by Gasteiger charge is 2.32. The molecule has 0 unspecified atom stereocenters. The van der Waals surface area contributed by atoms with Crippen molar-refractivity contribution in [2.24, 2.45) is 0 Å². The summed E-state index contributed by atoms with van der Waals surface area (Å²) < 4.78 is 41.2. The minimum Gasteiger partial charge on any atom is -0.404 e. The number of rotatable bonds is 7. The minimum atomic E-state index is -4.82. The summed E-state index contributed by atoms with van der Waals surface area (Å²) in [6, 6.07) is 9.41. The van der Waals surface area contributed by atoms with Gasteiger partial charge in [0.05, 0.1) is 10.7 Å². The van der Waals surface area contributed by atoms with Gasteiger partial charge < -0.3 is 15.4 Å². The molecule has 2 heterocycles. The average molecular weight is 438 g/mol. The molecule has 0 fully saturated rings. The van der Waals surface area contributed by atoms with Crippen molar-refractivity contribution in [3.05, 3.63) is 53.8 Å². The fraction of sp³-hybridized carbons (Fsp3) is 0.250. The van der Waals surface area contributed by atoms with Gasteiger partial charge in [0.25, 0.3) is 0 Å². The van der Waals surface area contributed by atoms with Crippen LogP contribution in [0.2, 0.25) is 5.02 Å². The van der Waals surface area contributed by atoms with E-state index in [-0.39, 0.29) is 11.1 Å². The third-order valence-electron chi connectivity index (χ3n) is 4.12. The maximum absolute atomic E-state index is 12.4. The van der Waals surface area contributed by atoms with Gasteiger partial charge in [-0.05, 0) is 43.7 Å². The van der Waals surface area contributed by atoms with Crippen LogP contribution in [0.1, 0.15) is 20.3 Å². The largest absolute Gasteiger partial charge is 0.573 e. The number of aromatic nitrogens is 3. The van der Waals surface area contributed by atoms with Gasteiger partial charge in [0, 0.05) is 35.8 Å². The number of alkyl halides is 3. The predicted octanol–water partition coefficient (Wildman–Crippen LogP) is 6.04. The van der Waals surface area contributed by atoms with Crippen molar-refractivity contribution in [1.29, 1.82) is 0 Å². The van der Waals surface area contributed by atoms with E-state index in [1.807, 2.05) is 26.0 Å². The number of nitrogens with zero attached hydrogens (tertiary/aromatic N) is 3. The second-order valence-corrected chi connectivity index (χ2v) is 6.88. The van der Waals surface area contributed by atoms with Crippen molar-refractivity contribution >= 4 is 29.1 Å². The maximum atomic E-state index is 12.4. The number of pyridine rings is 1. The van der Waals surface area contributed by atoms with E-state index in [9.17, 15) is 13.2 Å². The Morgan fingerprint density at radius 2 is 1.83 bits per heavy atom. The molecular weight excluding hydrogens is 419 g/mol. The van der Waals surface area contributed by atoms with Gasteiger partial charge in [0.2, 0.25) is 5.95 Å². The zero-order chi connectivity index (χ0) is 21.7. The van der Waals surface area contributed by atoms with E-state index >= 15 is 0 Å². The fourth-order valence-corrected chi connectivity index (χ4v) is 2.72. The number of ether oxygens (including phenoxy) is 1. The van der Waals surface area contributed by atoms with Crippen molar-refractivity contribution in [3.63, 3.8) is 0 Å². The highest BCUT2D eigenvalue weighted by Crippen LogP contribution is 2.33. The second kappa shape index (κ2) is 9.17. The van der Waals surface area contributed by atoms with Gasteiger partial charge in [-0.25, -0.2) is 4.98 Å². The highest BCUT2D eigenvalue weighted by atomic mass is 35.5. The molecule has 0 bridgehead atoms. The lowest BCUT2D eigenvalue weighted by Gasteiger charge is -2.15. The van der Waals surface area contributed by atoms with Crippen LogP contribution in [-0.2, 0) is 0 Å². The van der Waals surface area contributed by atoms with Crippen LogP contribution in [0.5, 0.6) is 5.75 Å². The molecule has 0 saturated heterocycles. The topological polar surface area (TPSA) is 72.0 Å². The van der Waals surface area contributed by atoms with Crippen molar-refractivity contribution in [1.82, 2.24) is 15.0 Å². The van der Waals surface area contributed by atoms with Crippen LogP contribution in [-0.4, -0.2) is 27.4 Å². The molecule has 3 aromatic rings. The number of hydrogen-bond donors (Lipinski definition) is 2. The molecular formula is C20H19ClF3N5O. The van der Waals surface area contributed by atoms with Crippen molar-refractivity contribution in [3.8, 4) is 17.0 Å². The van der Waals surface area contributed by atoms with Gasteiger partial charge in [-0.3, -0.25) is 4.98 Å². The molecule has 0 aliphatic heterocycles. The Balaban J connectivity index is 1.91. The normalized spacial score (nSPS) is 12.3. The Morgan fingerprint density at radius 1 is 1.10 bits per heavy atom. The average Bonchev–Trinajstić information content (AvgIpc) is 2.69. The first-order valence-electron chi connectivity index (χ1n) is 9.12. The van der Waals surface area contributed by atoms with Crippen LogP contribution < -0.4 is 15.4 Å². The van der Waals surface area contributed by atoms with Gasteiger partial charge in [0.15, 0.2) is 0 Å². The summed E-state index contributed by atoms with van der Waals surface area (Å²) in [5.74, 6) is 0.390. The van der Waals surface area contributed by atoms with E-state index in [0.717, 1.165) is 18.1 Å². The predicted molar refractivity (Wildman–Crippen MR) is 110 cm³/mol. The van der Waals surface area contributed by atoms with Crippen molar-refractivity contribution < 1.29 is 17.9 Å². The lowest BCUT2D eigenvalue weighted by atomic mass is 10.2. The Bertz CT molecular complexity index is 1000. The number of hydrogen-bond acceptors (Lipinski definition) is 6. The molecule has 30 heavy (non-hydrogen) atoms. The number of anilines is 3. The molecule has 6 nitrogen and oxygen atoms in total. The first-order valence-corrected chi connectivity index (χ1v) is 9.49. The first-order chi connectivity index (χ1) is 14.2. The van der Waals surface area contributed by atoms with E-state index in [1.165, 1.54) is 12.1 Å². The molecule has 0 spiro atoms. The molecule has 0 amide bonds. The zero-order valence-electron chi connectivity index (χ0n) is 16.2. The van der Waals surface area contributed by atoms with E-state index in [0.29, 0.717) is 23.1 Å². The van der Waals surface area contributed by atoms with Gasteiger partial charge >= 0.3 is 6.36 Å². The third kappa shape index (κ3) is 5.96. The quantitative estimate of drug-likeness (QED) is 0.469. The molecule has 0 aliphatic rings. The van der Waals surface area contributed by atoms with Crippen LogP contribution in [0, 0.1) is 0 Å². The smallest absolute Gasteiger partial charge is 0.404 e. The molecule has 0 aliphatic carbocycles. The van der Waals surface area contributed by atoms with Crippen LogP contribution in [0.4, 0.5) is 30.6 Å². The Labute approximate surface area is 176 Å². The van der Waals surface area contributed by atoms with E-state index < -0.39 is 12.1 Å². The lowest BCUT2D eigenvalue weighted by molar-refractivity contribution is -0.274. The van der Waals surface area contributed by atoms with E-state index in [4.69, 9.17) is 11.6 Å². The molecule has 2 aromatic heterocycles. The summed E-state index contributed by atoms with van der Waals surface area (Å²) in [5, 5.41) is 6.09. The van der Waals surface area contributed by atoms with Crippen LogP contribution >= 0.6 is 11.6 Å². The van der Waals surface area contributed by atoms with E-state index in [2.05, 4.69) is 30.3 Å². The molecule has 158 valence electrons. The monoisotopic (exact) mass is 437 g/mol. The fourth-order valence-electron chi connectivity index (χ4n) is 2.50. The summed E-state index contributed by atoms with van der Waals surface area (Å²) in [5.41, 5.74) is 1.95. The van der Waals surface area contributed by atoms with Crippen LogP contribution in [0.3, 0.4) is 0 Å². The summed E-state index contributed by atoms with van der Waals surface area (Å²) in [6.45, 7) is 4.05. The van der Waals surface area contributed by atoms with Gasteiger partial charge in [0.1, 0.15) is 11.6 Å². The summed E-state index contributed by atoms with van der Waals surface area (Å²) >= 11 is 5.93. The van der Waals surface area contributed by atoms with Gasteiger partial charge in [-0.1, -0.05) is 18.5 Å². The SMILES string of the molecule is CC[C@H](C)Nc1nc(Nc2ccc(OC(F)(F)F)c(Cl)c2)cc(-c2ccncc2)n1. The Kier molecular flexibility index (Phi) is 6.61. The third-order valence-corrected chi connectivity index (χ3v) is 4.42. The molecule has 10 heteroatoms. The lowest BCUT2D eigenvalue weighted by Crippen LogP contribution is -2.17. The summed E-state index contributed by atoms with van der Waals surface area (Å²) in [4.78, 5) is 13.0. The molecule has 1 atom stereocenters. The highest BCUT2D eigenvalue weighted by molar-refractivity contribution is 6.32. The Morgan fingerprint density at radius 3 is 2.47 bits per heavy atom. The zero-order valence-corrected chi connectivity index (χ0v) is 16.9. The molecule has 0 radical (unpaired) electrons. The van der Waals surface area contributed by atoms with Crippen molar-refractivity contribution in [2.75, 3.05) is 10.6 Å². The Hall–Kier alpha value is -3.07. The van der Waals surface area contributed by atoms with Gasteiger partial charge in [-0.2, -0.15) is 4.98 Å². The maximum Gasteiger partial charge on any atom is 0.573 e. The van der Waals surface area contributed by atoms with E-state index in [1.54, 1.807) is 18.5 Å². The van der Waals surface area contributed by atoms with Gasteiger partial charge in [-0.15, -0.1) is 13.2 Å². The van der Waals surface area contributed by atoms with Crippen molar-refractivity contribution in [2.45, 2.75) is 32.7 Å². The molecule has 1 aromatic carbocycles. The van der Waals surface area contributed by atoms with Crippen LogP contribution in [0.15, 0.2) is 48.8 Å². The second-order valence-electron chi connectivity index (χ2n) is 6.47. The molecule has 3 rings (SSSR count). The molecule has 0 saturated carbocycles.